The van der Waals surface area contributed by atoms with Crippen LogP contribution in [-0.4, -0.2) is 35.4 Å². The van der Waals surface area contributed by atoms with Crippen molar-refractivity contribution >= 4 is 11.7 Å². The van der Waals surface area contributed by atoms with Crippen molar-refractivity contribution in [1.29, 1.82) is 0 Å². The molecule has 0 fully saturated rings. The van der Waals surface area contributed by atoms with Crippen LogP contribution in [-0.2, 0) is 4.79 Å². The van der Waals surface area contributed by atoms with E-state index in [0.717, 1.165) is 11.3 Å². The predicted octanol–water partition coefficient (Wildman–Crippen LogP) is 1.27. The van der Waals surface area contributed by atoms with Crippen LogP contribution in [0.2, 0.25) is 0 Å². The lowest BCUT2D eigenvalue weighted by atomic mass is 10.1. The van der Waals surface area contributed by atoms with Crippen LogP contribution >= 0.6 is 0 Å². The van der Waals surface area contributed by atoms with Gasteiger partial charge >= 0.3 is 5.97 Å². The van der Waals surface area contributed by atoms with Crippen molar-refractivity contribution in [2.45, 2.75) is 19.4 Å². The number of rotatable bonds is 4. The van der Waals surface area contributed by atoms with E-state index in [-0.39, 0.29) is 6.54 Å². The summed E-state index contributed by atoms with van der Waals surface area (Å²) in [7, 11) is 1.76. The third-order valence-electron chi connectivity index (χ3n) is 2.45. The summed E-state index contributed by atoms with van der Waals surface area (Å²) in [6, 6.07) is 7.69. The summed E-state index contributed by atoms with van der Waals surface area (Å²) in [5.74, 6) is -1.22. The van der Waals surface area contributed by atoms with Crippen LogP contribution < -0.4 is 4.90 Å². The van der Waals surface area contributed by atoms with Crippen LogP contribution in [0.4, 0.5) is 5.69 Å². The molecule has 1 aromatic carbocycles. The van der Waals surface area contributed by atoms with Gasteiger partial charge in [-0.25, -0.2) is 4.79 Å². The lowest BCUT2D eigenvalue weighted by Gasteiger charge is -2.27. The van der Waals surface area contributed by atoms with Crippen molar-refractivity contribution in [2.24, 2.45) is 0 Å². The minimum Gasteiger partial charge on any atom is -0.479 e. The summed E-state index contributed by atoms with van der Waals surface area (Å²) >= 11 is 0. The minimum atomic E-state index is -1.74. The van der Waals surface area contributed by atoms with E-state index >= 15 is 0 Å². The Kier molecular flexibility index (Phi) is 3.55. The van der Waals surface area contributed by atoms with E-state index in [0.29, 0.717) is 0 Å². The monoisotopic (exact) mass is 223 g/mol. The maximum absolute atomic E-state index is 10.8. The summed E-state index contributed by atoms with van der Waals surface area (Å²) in [5, 5.41) is 18.5. The Hall–Kier alpha value is -1.55. The average molecular weight is 223 g/mol. The highest BCUT2D eigenvalue weighted by molar-refractivity contribution is 5.77. The molecule has 16 heavy (non-hydrogen) atoms. The fraction of sp³-hybridized carbons (Fsp3) is 0.417. The number of aliphatic hydroxyl groups is 1. The molecule has 0 saturated carbocycles. The molecule has 0 amide bonds. The Morgan fingerprint density at radius 1 is 1.50 bits per heavy atom. The van der Waals surface area contributed by atoms with Gasteiger partial charge in [-0.2, -0.15) is 0 Å². The number of carbonyl (C=O) groups is 1. The van der Waals surface area contributed by atoms with Gasteiger partial charge in [0.05, 0.1) is 6.54 Å². The Bertz CT molecular complexity index is 388. The normalized spacial score (nSPS) is 14.2. The van der Waals surface area contributed by atoms with Crippen LogP contribution in [0.1, 0.15) is 12.5 Å². The fourth-order valence-corrected chi connectivity index (χ4v) is 1.49. The Morgan fingerprint density at radius 3 is 2.62 bits per heavy atom. The first kappa shape index (κ1) is 12.5. The quantitative estimate of drug-likeness (QED) is 0.807. The van der Waals surface area contributed by atoms with Crippen molar-refractivity contribution < 1.29 is 15.0 Å². The van der Waals surface area contributed by atoms with E-state index in [1.165, 1.54) is 6.92 Å². The summed E-state index contributed by atoms with van der Waals surface area (Å²) < 4.78 is 0. The van der Waals surface area contributed by atoms with Crippen LogP contribution in [0.5, 0.6) is 0 Å². The molecule has 4 heteroatoms. The molecular formula is C12H17NO3. The zero-order valence-electron chi connectivity index (χ0n) is 9.77. The number of likely N-dealkylation sites (N-methyl/N-ethyl adjacent to an activating group) is 1. The molecule has 0 bridgehead atoms. The molecule has 0 saturated heterocycles. The van der Waals surface area contributed by atoms with Gasteiger partial charge in [0.25, 0.3) is 0 Å². The highest BCUT2D eigenvalue weighted by Crippen LogP contribution is 2.17. The number of aryl methyl sites for hydroxylation is 1. The standard InChI is InChI=1S/C12H17NO3/c1-9-5-4-6-10(7-9)13(3)8-12(2,16)11(14)15/h4-7,16H,8H2,1-3H3,(H,14,15). The minimum absolute atomic E-state index is 0.0474. The van der Waals surface area contributed by atoms with E-state index in [9.17, 15) is 9.90 Å². The Morgan fingerprint density at radius 2 is 2.12 bits per heavy atom. The van der Waals surface area contributed by atoms with Gasteiger partial charge in [-0.1, -0.05) is 12.1 Å². The largest absolute Gasteiger partial charge is 0.479 e. The van der Waals surface area contributed by atoms with Gasteiger partial charge in [0.1, 0.15) is 0 Å². The van der Waals surface area contributed by atoms with Gasteiger partial charge < -0.3 is 15.1 Å². The number of anilines is 1. The SMILES string of the molecule is Cc1cccc(N(C)CC(C)(O)C(=O)O)c1. The lowest BCUT2D eigenvalue weighted by Crippen LogP contribution is -2.45. The highest BCUT2D eigenvalue weighted by Gasteiger charge is 2.31. The summed E-state index contributed by atoms with van der Waals surface area (Å²) in [6.07, 6.45) is 0. The number of hydrogen-bond donors (Lipinski definition) is 2. The smallest absolute Gasteiger partial charge is 0.337 e. The maximum Gasteiger partial charge on any atom is 0.337 e. The van der Waals surface area contributed by atoms with E-state index in [1.807, 2.05) is 31.2 Å². The molecule has 0 aromatic heterocycles. The number of hydrogen-bond acceptors (Lipinski definition) is 3. The molecule has 0 aliphatic rings. The molecule has 4 nitrogen and oxygen atoms in total. The Labute approximate surface area is 95.1 Å². The first-order valence-electron chi connectivity index (χ1n) is 5.06. The molecule has 0 spiro atoms. The van der Waals surface area contributed by atoms with Crippen molar-refractivity contribution in [3.63, 3.8) is 0 Å². The molecule has 2 N–H and O–H groups in total. The van der Waals surface area contributed by atoms with Crippen LogP contribution in [0, 0.1) is 6.92 Å². The molecule has 1 unspecified atom stereocenters. The van der Waals surface area contributed by atoms with Gasteiger partial charge in [-0.15, -0.1) is 0 Å². The summed E-state index contributed by atoms with van der Waals surface area (Å²) in [6.45, 7) is 3.31. The maximum atomic E-state index is 10.8. The molecule has 0 radical (unpaired) electrons. The first-order chi connectivity index (χ1) is 7.33. The van der Waals surface area contributed by atoms with Crippen LogP contribution in [0.25, 0.3) is 0 Å². The number of benzene rings is 1. The summed E-state index contributed by atoms with van der Waals surface area (Å²) in [4.78, 5) is 12.5. The first-order valence-corrected chi connectivity index (χ1v) is 5.06. The average Bonchev–Trinajstić information content (AvgIpc) is 2.16. The van der Waals surface area contributed by atoms with E-state index < -0.39 is 11.6 Å². The number of carboxylic acids is 1. The van der Waals surface area contributed by atoms with Crippen molar-refractivity contribution in [3.8, 4) is 0 Å². The van der Waals surface area contributed by atoms with E-state index in [1.54, 1.807) is 11.9 Å². The van der Waals surface area contributed by atoms with E-state index in [2.05, 4.69) is 0 Å². The fourth-order valence-electron chi connectivity index (χ4n) is 1.49. The molecule has 1 aromatic rings. The number of nitrogens with zero attached hydrogens (tertiary/aromatic N) is 1. The van der Waals surface area contributed by atoms with Crippen LogP contribution in [0.15, 0.2) is 24.3 Å². The molecule has 0 aliphatic heterocycles. The predicted molar refractivity (Wildman–Crippen MR) is 62.7 cm³/mol. The lowest BCUT2D eigenvalue weighted by molar-refractivity contribution is -0.155. The second-order valence-electron chi connectivity index (χ2n) is 4.27. The molecule has 0 aliphatic carbocycles. The second-order valence-corrected chi connectivity index (χ2v) is 4.27. The van der Waals surface area contributed by atoms with Crippen molar-refractivity contribution in [1.82, 2.24) is 0 Å². The molecular weight excluding hydrogens is 206 g/mol. The number of carboxylic acid groups (broad SMARTS) is 1. The topological polar surface area (TPSA) is 60.8 Å². The highest BCUT2D eigenvalue weighted by atomic mass is 16.4. The van der Waals surface area contributed by atoms with Gasteiger partial charge in [-0.3, -0.25) is 0 Å². The zero-order valence-corrected chi connectivity index (χ0v) is 9.77. The Balaban J connectivity index is 2.80. The van der Waals surface area contributed by atoms with E-state index in [4.69, 9.17) is 5.11 Å². The molecule has 1 rings (SSSR count). The van der Waals surface area contributed by atoms with Gasteiger partial charge in [-0.05, 0) is 31.5 Å². The van der Waals surface area contributed by atoms with Crippen molar-refractivity contribution in [2.75, 3.05) is 18.5 Å². The third-order valence-corrected chi connectivity index (χ3v) is 2.45. The van der Waals surface area contributed by atoms with Crippen molar-refractivity contribution in [3.05, 3.63) is 29.8 Å². The molecule has 1 atom stereocenters. The van der Waals surface area contributed by atoms with Gasteiger partial charge in [0.2, 0.25) is 0 Å². The van der Waals surface area contributed by atoms with Gasteiger partial charge in [0.15, 0.2) is 5.60 Å². The van der Waals surface area contributed by atoms with Gasteiger partial charge in [0, 0.05) is 12.7 Å². The second kappa shape index (κ2) is 4.53. The molecule has 88 valence electrons. The molecule has 0 heterocycles. The third kappa shape index (κ3) is 2.97. The van der Waals surface area contributed by atoms with Crippen LogP contribution in [0.3, 0.4) is 0 Å². The zero-order chi connectivity index (χ0) is 12.3. The number of aliphatic carboxylic acids is 1. The summed E-state index contributed by atoms with van der Waals surface area (Å²) in [5.41, 5.74) is 0.249.